The van der Waals surface area contributed by atoms with Crippen LogP contribution in [-0.2, 0) is 11.0 Å². The number of nitrogens with one attached hydrogen (secondary N) is 2. The molecule has 1 aromatic heterocycles. The van der Waals surface area contributed by atoms with Crippen molar-refractivity contribution in [2.75, 3.05) is 11.9 Å². The van der Waals surface area contributed by atoms with Gasteiger partial charge in [-0.3, -0.25) is 9.59 Å². The van der Waals surface area contributed by atoms with Crippen molar-refractivity contribution in [3.05, 3.63) is 65.5 Å². The predicted octanol–water partition coefficient (Wildman–Crippen LogP) is 5.80. The minimum absolute atomic E-state index is 0.0534. The van der Waals surface area contributed by atoms with Crippen LogP contribution in [0.5, 0.6) is 0 Å². The lowest BCUT2D eigenvalue weighted by Gasteiger charge is -2.26. The molecule has 0 aliphatic rings. The minimum Gasteiger partial charge on any atom is -0.481 e. The Morgan fingerprint density at radius 3 is 2.16 bits per heavy atom. The summed E-state index contributed by atoms with van der Waals surface area (Å²) in [7, 11) is 0. The molecule has 0 radical (unpaired) electrons. The topological polar surface area (TPSA) is 117 Å². The van der Waals surface area contributed by atoms with Crippen LogP contribution in [0.25, 0.3) is 11.5 Å². The van der Waals surface area contributed by atoms with E-state index in [-0.39, 0.29) is 30.3 Å². The third-order valence-corrected chi connectivity index (χ3v) is 6.22. The molecule has 0 aliphatic heterocycles. The monoisotopic (exact) mass is 518 g/mol. The van der Waals surface area contributed by atoms with E-state index in [4.69, 9.17) is 9.52 Å². The van der Waals surface area contributed by atoms with Gasteiger partial charge in [-0.15, -0.1) is 10.2 Å². The molecular weight excluding hydrogens is 489 g/mol. The number of anilines is 1. The van der Waals surface area contributed by atoms with Crippen molar-refractivity contribution >= 4 is 17.6 Å². The highest BCUT2D eigenvalue weighted by molar-refractivity contribution is 5.94. The van der Waals surface area contributed by atoms with Crippen LogP contribution in [0.15, 0.2) is 52.9 Å². The Morgan fingerprint density at radius 2 is 1.65 bits per heavy atom. The van der Waals surface area contributed by atoms with Gasteiger partial charge in [0.2, 0.25) is 5.89 Å². The van der Waals surface area contributed by atoms with E-state index in [1.54, 1.807) is 55.5 Å². The van der Waals surface area contributed by atoms with Crippen LogP contribution in [0.2, 0.25) is 0 Å². The Balaban J connectivity index is 1.71. The van der Waals surface area contributed by atoms with Gasteiger partial charge in [0, 0.05) is 23.4 Å². The summed E-state index contributed by atoms with van der Waals surface area (Å²) in [5.74, 6) is -3.34. The number of nitrogens with zero attached hydrogens (tertiary/aromatic N) is 2. The Morgan fingerprint density at radius 1 is 1.00 bits per heavy atom. The largest absolute Gasteiger partial charge is 0.481 e. The zero-order chi connectivity index (χ0) is 27.2. The Kier molecular flexibility index (Phi) is 8.90. The van der Waals surface area contributed by atoms with Crippen LogP contribution in [0.1, 0.15) is 61.5 Å². The number of aliphatic carboxylic acids is 1. The van der Waals surface area contributed by atoms with Crippen LogP contribution < -0.4 is 10.6 Å². The number of carbonyl (C=O) groups is 2. The van der Waals surface area contributed by atoms with Crippen molar-refractivity contribution < 1.29 is 32.3 Å². The second-order valence-electron chi connectivity index (χ2n) is 8.77. The summed E-state index contributed by atoms with van der Waals surface area (Å²) >= 11 is 0. The van der Waals surface area contributed by atoms with Gasteiger partial charge >= 0.3 is 18.0 Å². The van der Waals surface area contributed by atoms with E-state index < -0.39 is 24.0 Å². The number of carbonyl (C=O) groups excluding carboxylic acids is 1. The van der Waals surface area contributed by atoms with Crippen LogP contribution in [0.3, 0.4) is 0 Å². The lowest BCUT2D eigenvalue weighted by atomic mass is 9.91. The molecule has 198 valence electrons. The Hall–Kier alpha value is -3.89. The van der Waals surface area contributed by atoms with Gasteiger partial charge in [0.05, 0.1) is 12.0 Å². The van der Waals surface area contributed by atoms with Crippen molar-refractivity contribution in [2.45, 2.75) is 45.8 Å². The standard InChI is InChI=1S/C26H29F3N4O4/c1-4-15(3)21(17-6-8-19(9-7-17)23-32-33-25(37-23)26(27,28)29)31-20-12-10-18(11-13-20)22(34)30-14-16(5-2)24(35)36/h6-13,15-16,21,31H,4-5,14H2,1-3H3,(H,30,34)(H,35,36)/t15?,16?,21-/m0/s1. The summed E-state index contributed by atoms with van der Waals surface area (Å²) in [6.45, 7) is 5.94. The zero-order valence-corrected chi connectivity index (χ0v) is 20.7. The van der Waals surface area contributed by atoms with Crippen LogP contribution >= 0.6 is 0 Å². The molecule has 3 atom stereocenters. The number of alkyl halides is 3. The molecule has 3 N–H and O–H groups in total. The molecule has 0 bridgehead atoms. The van der Waals surface area contributed by atoms with E-state index >= 15 is 0 Å². The first-order valence-electron chi connectivity index (χ1n) is 11.9. The molecule has 0 fully saturated rings. The Bertz CT molecular complexity index is 1190. The highest BCUT2D eigenvalue weighted by atomic mass is 19.4. The first-order valence-corrected chi connectivity index (χ1v) is 11.9. The van der Waals surface area contributed by atoms with Gasteiger partial charge in [-0.25, -0.2) is 0 Å². The van der Waals surface area contributed by atoms with Crippen molar-refractivity contribution in [3.8, 4) is 11.5 Å². The number of carboxylic acid groups (broad SMARTS) is 1. The number of carboxylic acids is 1. The van der Waals surface area contributed by atoms with Gasteiger partial charge in [0.15, 0.2) is 0 Å². The number of hydrogen-bond acceptors (Lipinski definition) is 6. The highest BCUT2D eigenvalue weighted by Gasteiger charge is 2.38. The first-order chi connectivity index (χ1) is 17.5. The van der Waals surface area contributed by atoms with E-state index in [2.05, 4.69) is 34.7 Å². The maximum atomic E-state index is 12.8. The highest BCUT2D eigenvalue weighted by Crippen LogP contribution is 2.32. The third kappa shape index (κ3) is 7.08. The molecule has 1 heterocycles. The van der Waals surface area contributed by atoms with Gasteiger partial charge < -0.3 is 20.2 Å². The lowest BCUT2D eigenvalue weighted by Crippen LogP contribution is -2.32. The Labute approximate surface area is 212 Å². The fourth-order valence-corrected chi connectivity index (χ4v) is 3.70. The minimum atomic E-state index is -4.70. The van der Waals surface area contributed by atoms with E-state index in [0.29, 0.717) is 17.5 Å². The molecular formula is C26H29F3N4O4. The molecule has 2 aromatic carbocycles. The molecule has 0 saturated carbocycles. The quantitative estimate of drug-likeness (QED) is 0.294. The average Bonchev–Trinajstić information content (AvgIpc) is 3.38. The van der Waals surface area contributed by atoms with Gasteiger partial charge in [-0.05, 0) is 54.3 Å². The summed E-state index contributed by atoms with van der Waals surface area (Å²) < 4.78 is 43.0. The molecule has 37 heavy (non-hydrogen) atoms. The fourth-order valence-electron chi connectivity index (χ4n) is 3.70. The molecule has 2 unspecified atom stereocenters. The molecule has 1 amide bonds. The van der Waals surface area contributed by atoms with Crippen LogP contribution in [-0.4, -0.2) is 33.7 Å². The molecule has 11 heteroatoms. The fraction of sp³-hybridized carbons (Fsp3) is 0.385. The summed E-state index contributed by atoms with van der Waals surface area (Å²) in [6.07, 6.45) is -3.43. The summed E-state index contributed by atoms with van der Waals surface area (Å²) in [5.41, 5.74) is 2.47. The van der Waals surface area contributed by atoms with Gasteiger partial charge in [-0.2, -0.15) is 13.2 Å². The summed E-state index contributed by atoms with van der Waals surface area (Å²) in [5, 5.41) is 21.8. The van der Waals surface area contributed by atoms with E-state index in [9.17, 15) is 22.8 Å². The maximum absolute atomic E-state index is 12.8. The van der Waals surface area contributed by atoms with Crippen molar-refractivity contribution in [2.24, 2.45) is 11.8 Å². The normalized spacial score (nSPS) is 14.0. The molecule has 0 saturated heterocycles. The van der Waals surface area contributed by atoms with Gasteiger partial charge in [-0.1, -0.05) is 39.3 Å². The second kappa shape index (κ2) is 11.9. The van der Waals surface area contributed by atoms with Crippen LogP contribution in [0.4, 0.5) is 18.9 Å². The van der Waals surface area contributed by atoms with E-state index in [1.165, 1.54) is 0 Å². The van der Waals surface area contributed by atoms with E-state index in [1.807, 2.05) is 0 Å². The lowest BCUT2D eigenvalue weighted by molar-refractivity contribution is -0.157. The number of amides is 1. The second-order valence-corrected chi connectivity index (χ2v) is 8.77. The number of benzene rings is 2. The van der Waals surface area contributed by atoms with Gasteiger partial charge in [0.25, 0.3) is 5.91 Å². The predicted molar refractivity (Wildman–Crippen MR) is 131 cm³/mol. The van der Waals surface area contributed by atoms with Gasteiger partial charge in [0.1, 0.15) is 0 Å². The maximum Gasteiger partial charge on any atom is 0.470 e. The number of hydrogen-bond donors (Lipinski definition) is 3. The molecule has 8 nitrogen and oxygen atoms in total. The van der Waals surface area contributed by atoms with Crippen molar-refractivity contribution in [1.82, 2.24) is 15.5 Å². The molecule has 3 aromatic rings. The number of aromatic nitrogens is 2. The SMILES string of the molecule is CCC(CNC(=O)c1ccc(N[C@H](c2ccc(-c3nnc(C(F)(F)F)o3)cc2)C(C)CC)cc1)C(=O)O. The summed E-state index contributed by atoms with van der Waals surface area (Å²) in [6, 6.07) is 13.6. The van der Waals surface area contributed by atoms with E-state index in [0.717, 1.165) is 17.7 Å². The average molecular weight is 519 g/mol. The first kappa shape index (κ1) is 27.7. The number of rotatable bonds is 11. The zero-order valence-electron chi connectivity index (χ0n) is 20.7. The smallest absolute Gasteiger partial charge is 0.470 e. The molecule has 0 aliphatic carbocycles. The van der Waals surface area contributed by atoms with Crippen molar-refractivity contribution in [1.29, 1.82) is 0 Å². The summed E-state index contributed by atoms with van der Waals surface area (Å²) in [4.78, 5) is 23.5. The third-order valence-electron chi connectivity index (χ3n) is 6.22. The molecule has 3 rings (SSSR count). The van der Waals surface area contributed by atoms with Crippen molar-refractivity contribution in [3.63, 3.8) is 0 Å². The van der Waals surface area contributed by atoms with Crippen LogP contribution in [0, 0.1) is 11.8 Å². The molecule has 0 spiro atoms. The number of halogens is 3.